The largest absolute Gasteiger partial charge is 0.506 e. The molecule has 110 valence electrons. The number of rotatable bonds is 4. The maximum absolute atomic E-state index is 11.8. The normalized spacial score (nSPS) is 11.1. The Morgan fingerprint density at radius 2 is 2.24 bits per heavy atom. The predicted molar refractivity (Wildman–Crippen MR) is 87.3 cm³/mol. The van der Waals surface area contributed by atoms with Crippen molar-refractivity contribution in [3.8, 4) is 5.75 Å². The summed E-state index contributed by atoms with van der Waals surface area (Å²) in [4.78, 5) is 15.8. The summed E-state index contributed by atoms with van der Waals surface area (Å²) < 4.78 is 5.13. The van der Waals surface area contributed by atoms with E-state index in [4.69, 9.17) is 16.6 Å². The molecule has 0 atom stereocenters. The maximum atomic E-state index is 11.8. The summed E-state index contributed by atoms with van der Waals surface area (Å²) in [6.45, 7) is 2.80. The molecule has 1 aromatic carbocycles. The molecule has 0 saturated heterocycles. The molecular weight excluding hydrogens is 288 g/mol. The van der Waals surface area contributed by atoms with Gasteiger partial charge in [0.15, 0.2) is 5.11 Å². The van der Waals surface area contributed by atoms with Gasteiger partial charge < -0.3 is 14.8 Å². The predicted octanol–water partition coefficient (Wildman–Crippen LogP) is 2.59. The van der Waals surface area contributed by atoms with Crippen molar-refractivity contribution in [3.05, 3.63) is 40.2 Å². The topological polar surface area (TPSA) is 74.8 Å². The van der Waals surface area contributed by atoms with Crippen molar-refractivity contribution in [2.24, 2.45) is 4.99 Å². The molecule has 6 heteroatoms. The number of nitrogens with one attached hydrogen (secondary N) is 1. The number of aliphatic imine (C=N–C) groups is 1. The van der Waals surface area contributed by atoms with E-state index < -0.39 is 5.63 Å². The number of nitrogens with zero attached hydrogens (tertiary/aromatic N) is 1. The first-order valence-corrected chi connectivity index (χ1v) is 7.11. The molecule has 1 heterocycles. The van der Waals surface area contributed by atoms with Gasteiger partial charge in [-0.1, -0.05) is 25.5 Å². The molecule has 0 radical (unpaired) electrons. The molecule has 0 aliphatic carbocycles. The molecule has 21 heavy (non-hydrogen) atoms. The third-order valence-electron chi connectivity index (χ3n) is 2.94. The van der Waals surface area contributed by atoms with Crippen molar-refractivity contribution >= 4 is 34.5 Å². The highest BCUT2D eigenvalue weighted by molar-refractivity contribution is 7.80. The third-order valence-corrected chi connectivity index (χ3v) is 3.19. The highest BCUT2D eigenvalue weighted by Crippen LogP contribution is 2.24. The Bertz CT molecular complexity index is 737. The van der Waals surface area contributed by atoms with Crippen molar-refractivity contribution < 1.29 is 9.52 Å². The van der Waals surface area contributed by atoms with Gasteiger partial charge in [-0.15, -0.1) is 0 Å². The Kier molecular flexibility index (Phi) is 5.05. The summed E-state index contributed by atoms with van der Waals surface area (Å²) in [6, 6.07) is 6.77. The monoisotopic (exact) mass is 304 g/mol. The fourth-order valence-corrected chi connectivity index (χ4v) is 1.96. The van der Waals surface area contributed by atoms with Gasteiger partial charge in [0.2, 0.25) is 0 Å². The Labute approximate surface area is 127 Å². The molecule has 0 bridgehead atoms. The molecule has 0 fully saturated rings. The second-order valence-corrected chi connectivity index (χ2v) is 4.88. The van der Waals surface area contributed by atoms with E-state index in [0.717, 1.165) is 19.4 Å². The minimum absolute atomic E-state index is 0.00617. The van der Waals surface area contributed by atoms with Crippen LogP contribution in [0.25, 0.3) is 11.0 Å². The van der Waals surface area contributed by atoms with Crippen LogP contribution in [0, 0.1) is 0 Å². The number of thiocarbonyl (C=S) groups is 1. The number of aromatic hydroxyl groups is 1. The minimum atomic E-state index is -0.647. The molecule has 0 amide bonds. The fourth-order valence-electron chi connectivity index (χ4n) is 1.80. The van der Waals surface area contributed by atoms with Gasteiger partial charge in [0.05, 0.1) is 5.39 Å². The average molecular weight is 304 g/mol. The van der Waals surface area contributed by atoms with Gasteiger partial charge in [0, 0.05) is 12.8 Å². The summed E-state index contributed by atoms with van der Waals surface area (Å²) >= 11 is 5.03. The van der Waals surface area contributed by atoms with E-state index in [1.165, 1.54) is 6.21 Å². The zero-order valence-corrected chi connectivity index (χ0v) is 12.4. The van der Waals surface area contributed by atoms with Crippen LogP contribution < -0.4 is 10.9 Å². The summed E-state index contributed by atoms with van der Waals surface area (Å²) in [7, 11) is 0. The van der Waals surface area contributed by atoms with Gasteiger partial charge >= 0.3 is 5.63 Å². The summed E-state index contributed by atoms with van der Waals surface area (Å²) in [6.07, 6.45) is 3.27. The Balaban J connectivity index is 2.26. The smallest absolute Gasteiger partial charge is 0.348 e. The van der Waals surface area contributed by atoms with E-state index in [1.54, 1.807) is 24.3 Å². The number of hydrogen-bond donors (Lipinski definition) is 2. The van der Waals surface area contributed by atoms with Crippen LogP contribution >= 0.6 is 12.2 Å². The summed E-state index contributed by atoms with van der Waals surface area (Å²) in [5.74, 6) is -0.151. The van der Waals surface area contributed by atoms with E-state index in [2.05, 4.69) is 17.2 Å². The zero-order chi connectivity index (χ0) is 15.2. The molecule has 2 rings (SSSR count). The summed E-state index contributed by atoms with van der Waals surface area (Å²) in [5.41, 5.74) is -0.319. The van der Waals surface area contributed by atoms with E-state index in [1.807, 2.05) is 0 Å². The van der Waals surface area contributed by atoms with Crippen LogP contribution in [0.15, 0.2) is 38.5 Å². The maximum Gasteiger partial charge on any atom is 0.348 e. The molecular formula is C15H16N2O3S. The lowest BCUT2D eigenvalue weighted by molar-refractivity contribution is 0.466. The van der Waals surface area contributed by atoms with Crippen molar-refractivity contribution in [1.29, 1.82) is 0 Å². The van der Waals surface area contributed by atoms with Crippen LogP contribution in [0.3, 0.4) is 0 Å². The van der Waals surface area contributed by atoms with Gasteiger partial charge in [0.25, 0.3) is 0 Å². The van der Waals surface area contributed by atoms with Crippen molar-refractivity contribution in [2.45, 2.75) is 19.8 Å². The van der Waals surface area contributed by atoms with E-state index in [9.17, 15) is 9.90 Å². The number of unbranched alkanes of at least 4 members (excludes halogenated alkanes) is 1. The van der Waals surface area contributed by atoms with Crippen LogP contribution in [0.1, 0.15) is 25.3 Å². The van der Waals surface area contributed by atoms with Crippen molar-refractivity contribution in [1.82, 2.24) is 5.32 Å². The van der Waals surface area contributed by atoms with Crippen LogP contribution in [-0.2, 0) is 0 Å². The number of benzene rings is 1. The molecule has 5 nitrogen and oxygen atoms in total. The summed E-state index contributed by atoms with van der Waals surface area (Å²) in [5, 5.41) is 13.8. The van der Waals surface area contributed by atoms with Gasteiger partial charge in [-0.3, -0.25) is 0 Å². The van der Waals surface area contributed by atoms with E-state index in [0.29, 0.717) is 11.0 Å². The molecule has 0 saturated carbocycles. The number of para-hydroxylation sites is 1. The molecule has 1 aromatic heterocycles. The zero-order valence-electron chi connectivity index (χ0n) is 11.6. The van der Waals surface area contributed by atoms with Gasteiger partial charge in [-0.25, -0.2) is 9.79 Å². The Morgan fingerprint density at radius 1 is 1.48 bits per heavy atom. The van der Waals surface area contributed by atoms with Crippen LogP contribution in [0.5, 0.6) is 5.75 Å². The molecule has 0 unspecified atom stereocenters. The average Bonchev–Trinajstić information content (AvgIpc) is 2.47. The van der Waals surface area contributed by atoms with Crippen molar-refractivity contribution in [3.63, 3.8) is 0 Å². The quantitative estimate of drug-likeness (QED) is 0.393. The second-order valence-electron chi connectivity index (χ2n) is 4.49. The minimum Gasteiger partial charge on any atom is -0.506 e. The molecule has 0 aliphatic rings. The van der Waals surface area contributed by atoms with Crippen LogP contribution in [-0.4, -0.2) is 23.0 Å². The van der Waals surface area contributed by atoms with Gasteiger partial charge in [0.1, 0.15) is 16.9 Å². The molecule has 2 aromatic rings. The van der Waals surface area contributed by atoms with Gasteiger partial charge in [-0.05, 0) is 30.8 Å². The molecule has 2 N–H and O–H groups in total. The fraction of sp³-hybridized carbons (Fsp3) is 0.267. The molecule has 0 spiro atoms. The first-order chi connectivity index (χ1) is 10.1. The lowest BCUT2D eigenvalue weighted by atomic mass is 10.1. The van der Waals surface area contributed by atoms with Gasteiger partial charge in [-0.2, -0.15) is 0 Å². The molecule has 0 aliphatic heterocycles. The Morgan fingerprint density at radius 3 is 3.00 bits per heavy atom. The first kappa shape index (κ1) is 15.2. The van der Waals surface area contributed by atoms with E-state index >= 15 is 0 Å². The lowest BCUT2D eigenvalue weighted by Crippen LogP contribution is -2.21. The van der Waals surface area contributed by atoms with Crippen LogP contribution in [0.2, 0.25) is 0 Å². The SMILES string of the molecule is CCCCNC(=S)N=Cc1c(O)c2ccccc2oc1=O. The van der Waals surface area contributed by atoms with Crippen LogP contribution in [0.4, 0.5) is 0 Å². The highest BCUT2D eigenvalue weighted by Gasteiger charge is 2.11. The highest BCUT2D eigenvalue weighted by atomic mass is 32.1. The number of fused-ring (bicyclic) bond motifs is 1. The standard InChI is InChI=1S/C15H16N2O3S/c1-2-3-8-16-15(21)17-9-11-13(18)10-6-4-5-7-12(10)20-14(11)19/h4-7,9,18H,2-3,8H2,1H3,(H,16,21). The second kappa shape index (κ2) is 6.99. The van der Waals surface area contributed by atoms with E-state index in [-0.39, 0.29) is 16.4 Å². The number of hydrogen-bond acceptors (Lipinski definition) is 4. The lowest BCUT2D eigenvalue weighted by Gasteiger charge is -2.03. The van der Waals surface area contributed by atoms with Crippen molar-refractivity contribution in [2.75, 3.05) is 6.54 Å². The first-order valence-electron chi connectivity index (χ1n) is 6.70. The Hall–Kier alpha value is -2.21. The third kappa shape index (κ3) is 3.66.